The molecule has 0 aliphatic rings. The van der Waals surface area contributed by atoms with E-state index in [1.807, 2.05) is 12.1 Å². The van der Waals surface area contributed by atoms with Crippen molar-refractivity contribution in [1.82, 2.24) is 4.57 Å². The third-order valence-corrected chi connectivity index (χ3v) is 4.25. The van der Waals surface area contributed by atoms with Gasteiger partial charge < -0.3 is 19.8 Å². The van der Waals surface area contributed by atoms with Crippen LogP contribution in [0.1, 0.15) is 12.5 Å². The monoisotopic (exact) mass is 310 g/mol. The summed E-state index contributed by atoms with van der Waals surface area (Å²) in [6.45, 7) is 3.53. The number of fused-ring (bicyclic) bond motifs is 1. The molecule has 0 radical (unpaired) electrons. The Morgan fingerprint density at radius 3 is 2.39 bits per heavy atom. The second kappa shape index (κ2) is 6.34. The lowest BCUT2D eigenvalue weighted by molar-refractivity contribution is 0.355. The zero-order chi connectivity index (χ0) is 16.4. The SMILES string of the molecule is CCn1c(-c2ccc(OC)c(OC)c2)c(CN)c2ccccc21. The third kappa shape index (κ3) is 2.45. The number of rotatable bonds is 5. The summed E-state index contributed by atoms with van der Waals surface area (Å²) in [6.07, 6.45) is 0. The van der Waals surface area contributed by atoms with E-state index in [-0.39, 0.29) is 0 Å². The fourth-order valence-corrected chi connectivity index (χ4v) is 3.22. The zero-order valence-corrected chi connectivity index (χ0v) is 13.8. The lowest BCUT2D eigenvalue weighted by Gasteiger charge is -2.13. The highest BCUT2D eigenvalue weighted by Crippen LogP contribution is 2.37. The minimum atomic E-state index is 0.497. The van der Waals surface area contributed by atoms with Crippen LogP contribution >= 0.6 is 0 Å². The van der Waals surface area contributed by atoms with E-state index in [1.165, 1.54) is 10.9 Å². The number of hydrogen-bond donors (Lipinski definition) is 1. The molecule has 23 heavy (non-hydrogen) atoms. The molecule has 4 nitrogen and oxygen atoms in total. The predicted molar refractivity (Wildman–Crippen MR) is 94.0 cm³/mol. The summed E-state index contributed by atoms with van der Waals surface area (Å²) in [5, 5.41) is 1.21. The van der Waals surface area contributed by atoms with Gasteiger partial charge >= 0.3 is 0 Å². The van der Waals surface area contributed by atoms with Crippen LogP contribution in [0, 0.1) is 0 Å². The van der Waals surface area contributed by atoms with E-state index in [2.05, 4.69) is 41.8 Å². The molecule has 0 saturated carbocycles. The van der Waals surface area contributed by atoms with E-state index >= 15 is 0 Å². The normalized spacial score (nSPS) is 11.0. The van der Waals surface area contributed by atoms with Gasteiger partial charge in [-0.25, -0.2) is 0 Å². The Morgan fingerprint density at radius 1 is 1.00 bits per heavy atom. The Kier molecular flexibility index (Phi) is 4.26. The fourth-order valence-electron chi connectivity index (χ4n) is 3.22. The average molecular weight is 310 g/mol. The highest BCUT2D eigenvalue weighted by Gasteiger charge is 2.18. The number of para-hydroxylation sites is 1. The van der Waals surface area contributed by atoms with Gasteiger partial charge in [-0.15, -0.1) is 0 Å². The van der Waals surface area contributed by atoms with Crippen molar-refractivity contribution >= 4 is 10.9 Å². The second-order valence-electron chi connectivity index (χ2n) is 5.36. The molecule has 0 atom stereocenters. The molecule has 3 aromatic rings. The average Bonchev–Trinajstić information content (AvgIpc) is 2.94. The van der Waals surface area contributed by atoms with Crippen molar-refractivity contribution in [2.75, 3.05) is 14.2 Å². The standard InChI is InChI=1S/C19H22N2O2/c1-4-21-16-8-6-5-7-14(16)15(12-20)19(21)13-9-10-17(22-2)18(11-13)23-3/h5-11H,4,12,20H2,1-3H3. The van der Waals surface area contributed by atoms with Crippen LogP contribution in [-0.2, 0) is 13.1 Å². The molecule has 4 heteroatoms. The molecule has 2 N–H and O–H groups in total. The lowest BCUT2D eigenvalue weighted by atomic mass is 10.0. The molecule has 0 aliphatic carbocycles. The number of ether oxygens (including phenoxy) is 2. The fraction of sp³-hybridized carbons (Fsp3) is 0.263. The molecule has 0 amide bonds. The summed E-state index contributed by atoms with van der Waals surface area (Å²) >= 11 is 0. The number of aromatic nitrogens is 1. The van der Waals surface area contributed by atoms with Gasteiger partial charge in [-0.2, -0.15) is 0 Å². The molecule has 0 unspecified atom stereocenters. The summed E-state index contributed by atoms with van der Waals surface area (Å²) in [6, 6.07) is 14.4. The molecule has 0 fully saturated rings. The molecule has 0 bridgehead atoms. The Bertz CT molecular complexity index is 796. The summed E-state index contributed by atoms with van der Waals surface area (Å²) in [5.74, 6) is 1.45. The van der Waals surface area contributed by atoms with Gasteiger partial charge in [0.2, 0.25) is 0 Å². The second-order valence-corrected chi connectivity index (χ2v) is 5.36. The van der Waals surface area contributed by atoms with Crippen LogP contribution in [-0.4, -0.2) is 18.8 Å². The molecule has 0 aliphatic heterocycles. The number of benzene rings is 2. The van der Waals surface area contributed by atoms with Crippen LogP contribution < -0.4 is 15.2 Å². The van der Waals surface area contributed by atoms with Crippen molar-refractivity contribution in [2.24, 2.45) is 5.73 Å². The first kappa shape index (κ1) is 15.4. The quantitative estimate of drug-likeness (QED) is 0.779. The maximum atomic E-state index is 6.08. The smallest absolute Gasteiger partial charge is 0.161 e. The number of nitrogens with zero attached hydrogens (tertiary/aromatic N) is 1. The van der Waals surface area contributed by atoms with Crippen molar-refractivity contribution < 1.29 is 9.47 Å². The first-order valence-corrected chi connectivity index (χ1v) is 7.77. The summed E-state index contributed by atoms with van der Waals surface area (Å²) in [5.41, 5.74) is 10.7. The lowest BCUT2D eigenvalue weighted by Crippen LogP contribution is -2.02. The first-order chi connectivity index (χ1) is 11.2. The van der Waals surface area contributed by atoms with Crippen LogP contribution in [0.25, 0.3) is 22.2 Å². The molecular weight excluding hydrogens is 288 g/mol. The maximum absolute atomic E-state index is 6.08. The van der Waals surface area contributed by atoms with Gasteiger partial charge in [0.1, 0.15) is 0 Å². The van der Waals surface area contributed by atoms with Crippen LogP contribution in [0.5, 0.6) is 11.5 Å². The van der Waals surface area contributed by atoms with E-state index in [4.69, 9.17) is 15.2 Å². The molecule has 1 aromatic heterocycles. The van der Waals surface area contributed by atoms with Crippen molar-refractivity contribution in [3.8, 4) is 22.8 Å². The van der Waals surface area contributed by atoms with E-state index in [0.29, 0.717) is 6.54 Å². The topological polar surface area (TPSA) is 49.4 Å². The van der Waals surface area contributed by atoms with Gasteiger partial charge in [-0.3, -0.25) is 0 Å². The zero-order valence-electron chi connectivity index (χ0n) is 13.8. The van der Waals surface area contributed by atoms with Crippen LogP contribution in [0.4, 0.5) is 0 Å². The van der Waals surface area contributed by atoms with Crippen molar-refractivity contribution in [3.05, 3.63) is 48.0 Å². The van der Waals surface area contributed by atoms with Gasteiger partial charge in [0.05, 0.1) is 19.9 Å². The molecule has 2 aromatic carbocycles. The first-order valence-electron chi connectivity index (χ1n) is 7.77. The molecule has 120 valence electrons. The molecule has 3 rings (SSSR count). The van der Waals surface area contributed by atoms with E-state index in [1.54, 1.807) is 14.2 Å². The minimum Gasteiger partial charge on any atom is -0.493 e. The van der Waals surface area contributed by atoms with Crippen molar-refractivity contribution in [2.45, 2.75) is 20.0 Å². The summed E-state index contributed by atoms with van der Waals surface area (Å²) in [7, 11) is 3.30. The number of aryl methyl sites for hydroxylation is 1. The molecular formula is C19H22N2O2. The van der Waals surface area contributed by atoms with Gasteiger partial charge in [-0.1, -0.05) is 18.2 Å². The van der Waals surface area contributed by atoms with E-state index in [9.17, 15) is 0 Å². The Labute approximate surface area is 136 Å². The van der Waals surface area contributed by atoms with Crippen LogP contribution in [0.15, 0.2) is 42.5 Å². The Balaban J connectivity index is 2.31. The van der Waals surface area contributed by atoms with Gasteiger partial charge in [0.25, 0.3) is 0 Å². The Hall–Kier alpha value is -2.46. The third-order valence-electron chi connectivity index (χ3n) is 4.25. The van der Waals surface area contributed by atoms with Gasteiger partial charge in [0, 0.05) is 29.6 Å². The molecule has 0 spiro atoms. The van der Waals surface area contributed by atoms with Gasteiger partial charge in [0.15, 0.2) is 11.5 Å². The van der Waals surface area contributed by atoms with E-state index in [0.717, 1.165) is 34.9 Å². The predicted octanol–water partition coefficient (Wildman–Crippen LogP) is 3.80. The highest BCUT2D eigenvalue weighted by molar-refractivity contribution is 5.92. The van der Waals surface area contributed by atoms with Crippen molar-refractivity contribution in [1.29, 1.82) is 0 Å². The maximum Gasteiger partial charge on any atom is 0.161 e. The number of hydrogen-bond acceptors (Lipinski definition) is 3. The molecule has 0 saturated heterocycles. The summed E-state index contributed by atoms with van der Waals surface area (Å²) < 4.78 is 13.1. The van der Waals surface area contributed by atoms with Crippen LogP contribution in [0.2, 0.25) is 0 Å². The van der Waals surface area contributed by atoms with E-state index < -0.39 is 0 Å². The number of nitrogens with two attached hydrogens (primary N) is 1. The largest absolute Gasteiger partial charge is 0.493 e. The summed E-state index contributed by atoms with van der Waals surface area (Å²) in [4.78, 5) is 0. The van der Waals surface area contributed by atoms with Crippen LogP contribution in [0.3, 0.4) is 0 Å². The minimum absolute atomic E-state index is 0.497. The highest BCUT2D eigenvalue weighted by atomic mass is 16.5. The Morgan fingerprint density at radius 2 is 1.74 bits per heavy atom. The number of methoxy groups -OCH3 is 2. The van der Waals surface area contributed by atoms with Gasteiger partial charge in [-0.05, 0) is 36.8 Å². The van der Waals surface area contributed by atoms with Crippen molar-refractivity contribution in [3.63, 3.8) is 0 Å². The molecule has 1 heterocycles.